The Labute approximate surface area is 174 Å². The summed E-state index contributed by atoms with van der Waals surface area (Å²) in [6, 6.07) is 16.7. The molecule has 3 N–H and O–H groups in total. The highest BCUT2D eigenvalue weighted by atomic mass is 32.2. The summed E-state index contributed by atoms with van der Waals surface area (Å²) >= 11 is 1.47. The average Bonchev–Trinajstić information content (AvgIpc) is 2.71. The number of pyridine rings is 1. The lowest BCUT2D eigenvalue weighted by Gasteiger charge is -2.13. The van der Waals surface area contributed by atoms with Gasteiger partial charge in [-0.15, -0.1) is 11.8 Å². The van der Waals surface area contributed by atoms with E-state index in [-0.39, 0.29) is 5.91 Å². The lowest BCUT2D eigenvalue weighted by atomic mass is 10.0. The smallest absolute Gasteiger partial charge is 0.255 e. The van der Waals surface area contributed by atoms with Crippen LogP contribution in [0.5, 0.6) is 0 Å². The predicted octanol–water partition coefficient (Wildman–Crippen LogP) is 4.65. The van der Waals surface area contributed by atoms with Crippen LogP contribution in [-0.2, 0) is 5.75 Å². The third-order valence-electron chi connectivity index (χ3n) is 4.83. The zero-order chi connectivity index (χ0) is 21.0. The van der Waals surface area contributed by atoms with Gasteiger partial charge in [0.1, 0.15) is 5.03 Å². The fraction of sp³-hybridized carbons (Fsp3) is 0.174. The van der Waals surface area contributed by atoms with Gasteiger partial charge in [-0.3, -0.25) is 9.59 Å². The molecule has 1 aromatic heterocycles. The van der Waals surface area contributed by atoms with Crippen molar-refractivity contribution in [2.45, 2.75) is 31.6 Å². The molecule has 29 heavy (non-hydrogen) atoms. The van der Waals surface area contributed by atoms with Crippen molar-refractivity contribution in [1.82, 2.24) is 4.98 Å². The Balaban J connectivity index is 1.71. The van der Waals surface area contributed by atoms with E-state index in [1.165, 1.54) is 11.8 Å². The molecule has 2 aromatic carbocycles. The van der Waals surface area contributed by atoms with Crippen molar-refractivity contribution in [3.05, 3.63) is 88.1 Å². The SMILES string of the molecule is Cc1nc(SCc2ccc(C(=O)Nc3ccccc3)cc2)c(C(N)=O)c(C)c1C. The van der Waals surface area contributed by atoms with Gasteiger partial charge < -0.3 is 11.1 Å². The quantitative estimate of drug-likeness (QED) is 0.585. The van der Waals surface area contributed by atoms with Crippen LogP contribution < -0.4 is 11.1 Å². The van der Waals surface area contributed by atoms with Gasteiger partial charge >= 0.3 is 0 Å². The highest BCUT2D eigenvalue weighted by Crippen LogP contribution is 2.29. The second-order valence-corrected chi connectivity index (χ2v) is 7.76. The normalized spacial score (nSPS) is 10.6. The molecule has 2 amide bonds. The maximum Gasteiger partial charge on any atom is 0.255 e. The van der Waals surface area contributed by atoms with Crippen LogP contribution in [-0.4, -0.2) is 16.8 Å². The number of nitrogens with one attached hydrogen (secondary N) is 1. The fourth-order valence-electron chi connectivity index (χ4n) is 2.93. The average molecular weight is 406 g/mol. The largest absolute Gasteiger partial charge is 0.366 e. The molecule has 0 aliphatic heterocycles. The Morgan fingerprint density at radius 1 is 0.966 bits per heavy atom. The van der Waals surface area contributed by atoms with E-state index in [2.05, 4.69) is 10.3 Å². The van der Waals surface area contributed by atoms with E-state index in [1.807, 2.05) is 63.2 Å². The number of primary amides is 1. The van der Waals surface area contributed by atoms with E-state index in [0.717, 1.165) is 28.1 Å². The number of rotatable bonds is 6. The van der Waals surface area contributed by atoms with Crippen LogP contribution in [0.2, 0.25) is 0 Å². The summed E-state index contributed by atoms with van der Waals surface area (Å²) in [6.07, 6.45) is 0. The Hall–Kier alpha value is -3.12. The summed E-state index contributed by atoms with van der Waals surface area (Å²) in [5.41, 5.74) is 11.2. The van der Waals surface area contributed by atoms with Crippen LogP contribution in [0.1, 0.15) is 43.1 Å². The molecule has 0 unspecified atom stereocenters. The van der Waals surface area contributed by atoms with Crippen molar-refractivity contribution in [2.24, 2.45) is 5.73 Å². The highest BCUT2D eigenvalue weighted by molar-refractivity contribution is 7.98. The zero-order valence-electron chi connectivity index (χ0n) is 16.7. The van der Waals surface area contributed by atoms with E-state index in [4.69, 9.17) is 5.73 Å². The molecule has 5 nitrogen and oxygen atoms in total. The van der Waals surface area contributed by atoms with Gasteiger partial charge in [0.25, 0.3) is 11.8 Å². The first kappa shape index (κ1) is 20.6. The van der Waals surface area contributed by atoms with Gasteiger partial charge in [-0.05, 0) is 61.7 Å². The molecule has 0 fully saturated rings. The second kappa shape index (κ2) is 8.92. The number of carbonyl (C=O) groups excluding carboxylic acids is 2. The molecule has 6 heteroatoms. The first-order chi connectivity index (χ1) is 13.9. The number of carbonyl (C=O) groups is 2. The van der Waals surface area contributed by atoms with Crippen LogP contribution in [0.4, 0.5) is 5.69 Å². The van der Waals surface area contributed by atoms with E-state index < -0.39 is 5.91 Å². The van der Waals surface area contributed by atoms with Crippen LogP contribution in [0.15, 0.2) is 59.6 Å². The van der Waals surface area contributed by atoms with Crippen molar-refractivity contribution >= 4 is 29.3 Å². The van der Waals surface area contributed by atoms with Crippen LogP contribution in [0, 0.1) is 20.8 Å². The Morgan fingerprint density at radius 3 is 2.24 bits per heavy atom. The zero-order valence-corrected chi connectivity index (χ0v) is 17.5. The van der Waals surface area contributed by atoms with Crippen LogP contribution in [0.25, 0.3) is 0 Å². The molecule has 148 valence electrons. The fourth-order valence-corrected chi connectivity index (χ4v) is 4.03. The van der Waals surface area contributed by atoms with Crippen LogP contribution in [0.3, 0.4) is 0 Å². The van der Waals surface area contributed by atoms with Gasteiger partial charge in [-0.2, -0.15) is 0 Å². The number of hydrogen-bond acceptors (Lipinski definition) is 4. The molecule has 0 aliphatic rings. The number of amides is 2. The maximum atomic E-state index is 12.4. The van der Waals surface area contributed by atoms with Gasteiger partial charge in [-0.25, -0.2) is 4.98 Å². The van der Waals surface area contributed by atoms with Gasteiger partial charge in [0, 0.05) is 22.7 Å². The summed E-state index contributed by atoms with van der Waals surface area (Å²) in [4.78, 5) is 28.8. The Kier molecular flexibility index (Phi) is 6.34. The number of anilines is 1. The lowest BCUT2D eigenvalue weighted by Crippen LogP contribution is -2.16. The molecular formula is C23H23N3O2S. The number of benzene rings is 2. The van der Waals surface area contributed by atoms with Gasteiger partial charge in [0.05, 0.1) is 5.56 Å². The Bertz CT molecular complexity index is 1050. The summed E-state index contributed by atoms with van der Waals surface area (Å²) in [5, 5.41) is 3.51. The van der Waals surface area contributed by atoms with Gasteiger partial charge in [-0.1, -0.05) is 30.3 Å². The third-order valence-corrected chi connectivity index (χ3v) is 5.88. The molecular weight excluding hydrogens is 382 g/mol. The lowest BCUT2D eigenvalue weighted by molar-refractivity contribution is 0.0993. The van der Waals surface area contributed by atoms with Crippen molar-refractivity contribution in [1.29, 1.82) is 0 Å². The molecule has 0 saturated carbocycles. The monoisotopic (exact) mass is 405 g/mol. The van der Waals surface area contributed by atoms with Gasteiger partial charge in [0.15, 0.2) is 0 Å². The minimum Gasteiger partial charge on any atom is -0.366 e. The molecule has 0 saturated heterocycles. The van der Waals surface area contributed by atoms with E-state index in [9.17, 15) is 9.59 Å². The van der Waals surface area contributed by atoms with Crippen molar-refractivity contribution < 1.29 is 9.59 Å². The number of para-hydroxylation sites is 1. The predicted molar refractivity (Wildman–Crippen MR) is 117 cm³/mol. The summed E-state index contributed by atoms with van der Waals surface area (Å²) in [5.74, 6) is 0.00176. The minimum absolute atomic E-state index is 0.155. The summed E-state index contributed by atoms with van der Waals surface area (Å²) < 4.78 is 0. The summed E-state index contributed by atoms with van der Waals surface area (Å²) in [7, 11) is 0. The van der Waals surface area contributed by atoms with Crippen molar-refractivity contribution in [2.75, 3.05) is 5.32 Å². The summed E-state index contributed by atoms with van der Waals surface area (Å²) in [6.45, 7) is 5.77. The highest BCUT2D eigenvalue weighted by Gasteiger charge is 2.17. The molecule has 0 radical (unpaired) electrons. The minimum atomic E-state index is -0.464. The maximum absolute atomic E-state index is 12.4. The standard InChI is InChI=1S/C23H23N3O2S/c1-14-15(2)20(21(24)27)23(25-16(14)3)29-13-17-9-11-18(12-10-17)22(28)26-19-7-5-4-6-8-19/h4-12H,13H2,1-3H3,(H2,24,27)(H,26,28). The Morgan fingerprint density at radius 2 is 1.62 bits per heavy atom. The topological polar surface area (TPSA) is 85.1 Å². The molecule has 1 heterocycles. The van der Waals surface area contributed by atoms with E-state index in [0.29, 0.717) is 21.9 Å². The van der Waals surface area contributed by atoms with Crippen molar-refractivity contribution in [3.63, 3.8) is 0 Å². The number of hydrogen-bond donors (Lipinski definition) is 2. The molecule has 0 aliphatic carbocycles. The molecule has 3 aromatic rings. The number of aryl methyl sites for hydroxylation is 1. The van der Waals surface area contributed by atoms with Crippen molar-refractivity contribution in [3.8, 4) is 0 Å². The molecule has 0 atom stereocenters. The molecule has 0 spiro atoms. The number of nitrogens with two attached hydrogens (primary N) is 1. The van der Waals surface area contributed by atoms with Crippen LogP contribution >= 0.6 is 11.8 Å². The van der Waals surface area contributed by atoms with E-state index >= 15 is 0 Å². The number of nitrogens with zero attached hydrogens (tertiary/aromatic N) is 1. The number of aromatic nitrogens is 1. The van der Waals surface area contributed by atoms with E-state index in [1.54, 1.807) is 12.1 Å². The first-order valence-electron chi connectivity index (χ1n) is 9.22. The third kappa shape index (κ3) is 4.84. The second-order valence-electron chi connectivity index (χ2n) is 6.80. The molecule has 0 bridgehead atoms. The van der Waals surface area contributed by atoms with Gasteiger partial charge in [0.2, 0.25) is 0 Å². The first-order valence-corrected chi connectivity index (χ1v) is 10.2. The molecule has 3 rings (SSSR count). The number of thioether (sulfide) groups is 1.